The Morgan fingerprint density at radius 2 is 1.77 bits per heavy atom. The molecule has 2 aromatic rings. The fourth-order valence-electron chi connectivity index (χ4n) is 3.69. The minimum absolute atomic E-state index is 0.0331. The van der Waals surface area contributed by atoms with Crippen LogP contribution in [0.1, 0.15) is 16.8 Å². The number of carbonyl (C=O) groups is 1. The monoisotopic (exact) mass is 436 g/mol. The molecule has 0 saturated heterocycles. The molecule has 4 rings (SSSR count). The van der Waals surface area contributed by atoms with E-state index in [9.17, 15) is 26.7 Å². The van der Waals surface area contributed by atoms with E-state index in [2.05, 4.69) is 4.98 Å². The molecule has 1 amide bonds. The van der Waals surface area contributed by atoms with Crippen molar-refractivity contribution in [3.63, 3.8) is 0 Å². The number of anilines is 1. The molecular weight excluding hydrogens is 419 g/mol. The number of aryl methyl sites for hydroxylation is 1. The van der Waals surface area contributed by atoms with E-state index >= 15 is 0 Å². The molecule has 0 unspecified atom stereocenters. The van der Waals surface area contributed by atoms with E-state index in [0.717, 1.165) is 35.4 Å². The molecule has 0 saturated carbocycles. The van der Waals surface area contributed by atoms with Crippen LogP contribution in [0.15, 0.2) is 60.2 Å². The van der Waals surface area contributed by atoms with Crippen LogP contribution in [0.5, 0.6) is 0 Å². The zero-order valence-corrected chi connectivity index (χ0v) is 16.5. The summed E-state index contributed by atoms with van der Waals surface area (Å²) in [6, 6.07) is 7.23. The Bertz CT molecular complexity index is 1090. The standard InChI is InChI=1S/C21H17F5N4O/c1-12-9-13(7-8-27-12)16-10-28(2)30-17(19(22)23)11-29(20(31)18(16)30)15-5-3-14(4-6-15)21(24,25)26/h3-9,11,19H,10H2,1-2H3. The molecule has 5 nitrogen and oxygen atoms in total. The SMILES string of the molecule is Cc1cc(C2=C3C(=O)N(c4ccc(C(F)(F)F)cc4)C=C(C(F)F)N3N(C)C2)ccn1. The van der Waals surface area contributed by atoms with E-state index in [4.69, 9.17) is 0 Å². The van der Waals surface area contributed by atoms with E-state index in [1.54, 1.807) is 32.3 Å². The lowest BCUT2D eigenvalue weighted by Gasteiger charge is -2.37. The zero-order valence-electron chi connectivity index (χ0n) is 16.5. The molecule has 0 spiro atoms. The predicted octanol–water partition coefficient (Wildman–Crippen LogP) is 4.44. The number of hydrazine groups is 1. The van der Waals surface area contributed by atoms with Crippen molar-refractivity contribution in [3.8, 4) is 0 Å². The van der Waals surface area contributed by atoms with Crippen molar-refractivity contribution in [2.45, 2.75) is 19.5 Å². The number of fused-ring (bicyclic) bond motifs is 1. The fraction of sp³-hybridized carbons (Fsp3) is 0.238. The summed E-state index contributed by atoms with van der Waals surface area (Å²) in [6.07, 6.45) is -4.93. The molecule has 0 bridgehead atoms. The van der Waals surface area contributed by atoms with Crippen molar-refractivity contribution < 1.29 is 26.7 Å². The molecule has 0 atom stereocenters. The molecule has 0 aliphatic carbocycles. The molecule has 2 aliphatic rings. The minimum atomic E-state index is -4.55. The second-order valence-electron chi connectivity index (χ2n) is 7.22. The van der Waals surface area contributed by atoms with Crippen LogP contribution in [0, 0.1) is 6.92 Å². The Balaban J connectivity index is 1.85. The van der Waals surface area contributed by atoms with Crippen LogP contribution in [0.3, 0.4) is 0 Å². The number of aromatic nitrogens is 1. The molecule has 10 heteroatoms. The van der Waals surface area contributed by atoms with Gasteiger partial charge < -0.3 is 0 Å². The van der Waals surface area contributed by atoms with Gasteiger partial charge in [0.15, 0.2) is 0 Å². The molecule has 1 aromatic carbocycles. The van der Waals surface area contributed by atoms with Crippen LogP contribution < -0.4 is 4.90 Å². The number of rotatable bonds is 3. The first-order chi connectivity index (χ1) is 14.6. The van der Waals surface area contributed by atoms with Gasteiger partial charge in [-0.15, -0.1) is 0 Å². The van der Waals surface area contributed by atoms with Gasteiger partial charge in [0, 0.05) is 42.9 Å². The van der Waals surface area contributed by atoms with E-state index in [0.29, 0.717) is 16.8 Å². The summed E-state index contributed by atoms with van der Waals surface area (Å²) < 4.78 is 66.5. The number of pyridine rings is 1. The highest BCUT2D eigenvalue weighted by molar-refractivity contribution is 6.13. The van der Waals surface area contributed by atoms with E-state index in [-0.39, 0.29) is 17.9 Å². The summed E-state index contributed by atoms with van der Waals surface area (Å²) in [6.45, 7) is 1.97. The first-order valence-electron chi connectivity index (χ1n) is 9.26. The van der Waals surface area contributed by atoms with Crippen molar-refractivity contribution in [1.29, 1.82) is 0 Å². The van der Waals surface area contributed by atoms with Crippen molar-refractivity contribution in [2.24, 2.45) is 0 Å². The normalized spacial score (nSPS) is 17.5. The van der Waals surface area contributed by atoms with Gasteiger partial charge in [0.2, 0.25) is 0 Å². The van der Waals surface area contributed by atoms with Crippen molar-refractivity contribution in [1.82, 2.24) is 15.0 Å². The fourth-order valence-corrected chi connectivity index (χ4v) is 3.69. The third-order valence-corrected chi connectivity index (χ3v) is 5.09. The van der Waals surface area contributed by atoms with Gasteiger partial charge >= 0.3 is 6.18 Å². The second kappa shape index (κ2) is 7.45. The molecule has 31 heavy (non-hydrogen) atoms. The Morgan fingerprint density at radius 3 is 2.35 bits per heavy atom. The molecular formula is C21H17F5N4O. The molecule has 162 valence electrons. The van der Waals surface area contributed by atoms with Gasteiger partial charge in [0.1, 0.15) is 11.4 Å². The maximum absolute atomic E-state index is 13.9. The van der Waals surface area contributed by atoms with Gasteiger partial charge in [0.25, 0.3) is 12.3 Å². The largest absolute Gasteiger partial charge is 0.416 e. The van der Waals surface area contributed by atoms with Crippen LogP contribution >= 0.6 is 0 Å². The number of halogens is 5. The predicted molar refractivity (Wildman–Crippen MR) is 103 cm³/mol. The third-order valence-electron chi connectivity index (χ3n) is 5.09. The molecule has 0 N–H and O–H groups in total. The van der Waals surface area contributed by atoms with Gasteiger partial charge in [0.05, 0.1) is 5.56 Å². The summed E-state index contributed by atoms with van der Waals surface area (Å²) in [7, 11) is 1.58. The lowest BCUT2D eigenvalue weighted by Crippen LogP contribution is -2.46. The Hall–Kier alpha value is -3.27. The lowest BCUT2D eigenvalue weighted by molar-refractivity contribution is -0.137. The number of benzene rings is 1. The highest BCUT2D eigenvalue weighted by Crippen LogP contribution is 2.40. The zero-order chi connectivity index (χ0) is 22.5. The van der Waals surface area contributed by atoms with Crippen LogP contribution in [0.25, 0.3) is 5.57 Å². The summed E-state index contributed by atoms with van der Waals surface area (Å²) >= 11 is 0. The van der Waals surface area contributed by atoms with Gasteiger partial charge in [-0.3, -0.25) is 19.7 Å². The molecule has 0 fully saturated rings. The summed E-state index contributed by atoms with van der Waals surface area (Å²) in [4.78, 5) is 18.4. The van der Waals surface area contributed by atoms with Gasteiger partial charge in [-0.1, -0.05) is 0 Å². The third kappa shape index (κ3) is 3.67. The summed E-state index contributed by atoms with van der Waals surface area (Å²) in [5.74, 6) is -0.613. The summed E-state index contributed by atoms with van der Waals surface area (Å²) in [5.41, 5.74) is 0.633. The van der Waals surface area contributed by atoms with Crippen molar-refractivity contribution >= 4 is 17.2 Å². The molecule has 0 radical (unpaired) electrons. The molecule has 1 aromatic heterocycles. The number of allylic oxidation sites excluding steroid dienone is 1. The first kappa shape index (κ1) is 21.0. The summed E-state index contributed by atoms with van der Waals surface area (Å²) in [5, 5.41) is 2.67. The Labute approximate surface area is 174 Å². The van der Waals surface area contributed by atoms with Crippen LogP contribution in [-0.4, -0.2) is 40.9 Å². The maximum atomic E-state index is 13.9. The van der Waals surface area contributed by atoms with Crippen LogP contribution in [-0.2, 0) is 11.0 Å². The minimum Gasteiger partial charge on any atom is -0.280 e. The quantitative estimate of drug-likeness (QED) is 0.668. The van der Waals surface area contributed by atoms with Crippen LogP contribution in [0.4, 0.5) is 27.6 Å². The van der Waals surface area contributed by atoms with Crippen molar-refractivity contribution in [2.75, 3.05) is 18.5 Å². The van der Waals surface area contributed by atoms with Crippen molar-refractivity contribution in [3.05, 3.63) is 77.0 Å². The number of alkyl halides is 5. The van der Waals surface area contributed by atoms with E-state index in [1.165, 1.54) is 10.0 Å². The smallest absolute Gasteiger partial charge is 0.280 e. The number of hydrogen-bond donors (Lipinski definition) is 0. The average molecular weight is 436 g/mol. The van der Waals surface area contributed by atoms with Crippen LogP contribution in [0.2, 0.25) is 0 Å². The molecule has 2 aliphatic heterocycles. The first-order valence-corrected chi connectivity index (χ1v) is 9.26. The number of carbonyl (C=O) groups excluding carboxylic acids is 1. The average Bonchev–Trinajstić information content (AvgIpc) is 3.05. The Morgan fingerprint density at radius 1 is 1.10 bits per heavy atom. The number of likely N-dealkylation sites (N-methyl/N-ethyl adjacent to an activating group) is 1. The van der Waals surface area contributed by atoms with E-state index in [1.807, 2.05) is 0 Å². The van der Waals surface area contributed by atoms with Gasteiger partial charge in [-0.05, 0) is 48.9 Å². The maximum Gasteiger partial charge on any atom is 0.416 e. The van der Waals surface area contributed by atoms with Gasteiger partial charge in [-0.25, -0.2) is 13.8 Å². The number of hydrogen-bond acceptors (Lipinski definition) is 4. The second-order valence-corrected chi connectivity index (χ2v) is 7.22. The van der Waals surface area contributed by atoms with Gasteiger partial charge in [-0.2, -0.15) is 13.2 Å². The number of amides is 1. The molecule has 3 heterocycles. The highest BCUT2D eigenvalue weighted by atomic mass is 19.4. The highest BCUT2D eigenvalue weighted by Gasteiger charge is 2.43. The Kier molecular flexibility index (Phi) is 5.04. The van der Waals surface area contributed by atoms with E-state index < -0.39 is 29.8 Å². The number of nitrogens with zero attached hydrogens (tertiary/aromatic N) is 4. The lowest BCUT2D eigenvalue weighted by atomic mass is 10.0. The topological polar surface area (TPSA) is 39.7 Å².